The first kappa shape index (κ1) is 19.5. The van der Waals surface area contributed by atoms with Gasteiger partial charge in [0.25, 0.3) is 0 Å². The number of para-hydroxylation sites is 1. The van der Waals surface area contributed by atoms with E-state index in [-0.39, 0.29) is 6.09 Å². The van der Waals surface area contributed by atoms with E-state index in [0.717, 1.165) is 22.3 Å². The molecule has 0 unspecified atom stereocenters. The van der Waals surface area contributed by atoms with E-state index in [9.17, 15) is 4.79 Å². The highest BCUT2D eigenvalue weighted by Gasteiger charge is 2.26. The van der Waals surface area contributed by atoms with Gasteiger partial charge in [0.2, 0.25) is 0 Å². The minimum absolute atomic E-state index is 0.262. The fraction of sp³-hybridized carbons (Fsp3) is 0.381. The van der Waals surface area contributed by atoms with Crippen molar-refractivity contribution in [3.05, 3.63) is 47.9 Å². The molecule has 7 nitrogen and oxygen atoms in total. The molecule has 0 bridgehead atoms. The van der Waals surface area contributed by atoms with Crippen LogP contribution in [0.5, 0.6) is 0 Å². The van der Waals surface area contributed by atoms with Crippen LogP contribution in [0.25, 0.3) is 16.6 Å². The van der Waals surface area contributed by atoms with Gasteiger partial charge in [0.05, 0.1) is 29.3 Å². The first-order chi connectivity index (χ1) is 13.8. The first-order valence-electron chi connectivity index (χ1n) is 9.63. The number of halogens is 1. The van der Waals surface area contributed by atoms with Gasteiger partial charge >= 0.3 is 6.09 Å². The number of anilines is 1. The van der Waals surface area contributed by atoms with Gasteiger partial charge in [-0.2, -0.15) is 5.10 Å². The van der Waals surface area contributed by atoms with Gasteiger partial charge in [0.1, 0.15) is 5.60 Å². The Morgan fingerprint density at radius 3 is 2.48 bits per heavy atom. The van der Waals surface area contributed by atoms with E-state index in [0.29, 0.717) is 31.3 Å². The second-order valence-electron chi connectivity index (χ2n) is 8.08. The lowest BCUT2D eigenvalue weighted by Crippen LogP contribution is -2.50. The number of piperazine rings is 1. The molecule has 0 N–H and O–H groups in total. The Hall–Kier alpha value is -2.80. The Kier molecular flexibility index (Phi) is 5.08. The lowest BCUT2D eigenvalue weighted by molar-refractivity contribution is 0.0240. The maximum absolute atomic E-state index is 12.3. The van der Waals surface area contributed by atoms with Gasteiger partial charge in [0, 0.05) is 31.6 Å². The van der Waals surface area contributed by atoms with Crippen LogP contribution >= 0.6 is 11.6 Å². The van der Waals surface area contributed by atoms with Gasteiger partial charge in [0.15, 0.2) is 5.15 Å². The van der Waals surface area contributed by atoms with E-state index < -0.39 is 5.60 Å². The molecule has 3 aromatic rings. The molecule has 4 rings (SSSR count). The maximum Gasteiger partial charge on any atom is 0.410 e. The van der Waals surface area contributed by atoms with E-state index in [1.165, 1.54) is 0 Å². The number of rotatable bonds is 2. The van der Waals surface area contributed by atoms with E-state index in [2.05, 4.69) is 15.0 Å². The molecule has 8 heteroatoms. The number of pyridine rings is 1. The van der Waals surface area contributed by atoms with E-state index >= 15 is 0 Å². The molecule has 0 radical (unpaired) electrons. The molecule has 0 aliphatic carbocycles. The summed E-state index contributed by atoms with van der Waals surface area (Å²) < 4.78 is 7.28. The number of benzene rings is 1. The number of carbonyl (C=O) groups is 1. The molecular formula is C21H24ClN5O2. The fourth-order valence-electron chi connectivity index (χ4n) is 3.40. The van der Waals surface area contributed by atoms with Crippen LogP contribution in [-0.4, -0.2) is 57.5 Å². The Morgan fingerprint density at radius 1 is 1.07 bits per heavy atom. The molecule has 1 aliphatic heterocycles. The second-order valence-corrected chi connectivity index (χ2v) is 8.43. The lowest BCUT2D eigenvalue weighted by Gasteiger charge is -2.36. The highest BCUT2D eigenvalue weighted by molar-refractivity contribution is 6.34. The third-order valence-electron chi connectivity index (χ3n) is 4.79. The van der Waals surface area contributed by atoms with E-state index in [1.807, 2.05) is 62.0 Å². The lowest BCUT2D eigenvalue weighted by atomic mass is 10.2. The molecule has 1 aliphatic rings. The van der Waals surface area contributed by atoms with Crippen molar-refractivity contribution < 1.29 is 9.53 Å². The van der Waals surface area contributed by atoms with Gasteiger partial charge in [-0.15, -0.1) is 0 Å². The van der Waals surface area contributed by atoms with Crippen molar-refractivity contribution in [2.75, 3.05) is 31.1 Å². The van der Waals surface area contributed by atoms with Crippen molar-refractivity contribution in [3.8, 4) is 5.69 Å². The number of nitrogens with zero attached hydrogens (tertiary/aromatic N) is 5. The fourth-order valence-corrected chi connectivity index (χ4v) is 3.64. The first-order valence-corrected chi connectivity index (χ1v) is 10.0. The number of amides is 1. The highest BCUT2D eigenvalue weighted by atomic mass is 35.5. The van der Waals surface area contributed by atoms with Gasteiger partial charge < -0.3 is 14.5 Å². The van der Waals surface area contributed by atoms with Crippen molar-refractivity contribution in [2.45, 2.75) is 26.4 Å². The SMILES string of the molecule is CC(C)(C)OC(=O)N1CCN(c2cncc(-n3nc(Cl)c4ccccc43)c2)CC1. The molecule has 1 saturated heterocycles. The van der Waals surface area contributed by atoms with Crippen LogP contribution in [-0.2, 0) is 4.74 Å². The summed E-state index contributed by atoms with van der Waals surface area (Å²) in [6.45, 7) is 8.28. The van der Waals surface area contributed by atoms with Crippen LogP contribution in [0.1, 0.15) is 20.8 Å². The predicted octanol–water partition coefficient (Wildman–Crippen LogP) is 4.13. The maximum atomic E-state index is 12.3. The predicted molar refractivity (Wildman–Crippen MR) is 114 cm³/mol. The topological polar surface area (TPSA) is 63.5 Å². The third kappa shape index (κ3) is 4.15. The average Bonchev–Trinajstić information content (AvgIpc) is 3.04. The summed E-state index contributed by atoms with van der Waals surface area (Å²) in [6.07, 6.45) is 3.34. The average molecular weight is 414 g/mol. The Balaban J connectivity index is 1.51. The third-order valence-corrected chi connectivity index (χ3v) is 5.07. The van der Waals surface area contributed by atoms with E-state index in [4.69, 9.17) is 16.3 Å². The van der Waals surface area contributed by atoms with Gasteiger partial charge in [-0.05, 0) is 39.0 Å². The van der Waals surface area contributed by atoms with Crippen molar-refractivity contribution in [1.29, 1.82) is 0 Å². The molecular weight excluding hydrogens is 390 g/mol. The van der Waals surface area contributed by atoms with Crippen LogP contribution < -0.4 is 4.90 Å². The Labute approximate surface area is 174 Å². The zero-order valence-corrected chi connectivity index (χ0v) is 17.6. The Morgan fingerprint density at radius 2 is 1.76 bits per heavy atom. The van der Waals surface area contributed by atoms with E-state index in [1.54, 1.807) is 11.1 Å². The minimum atomic E-state index is -0.486. The van der Waals surface area contributed by atoms with Crippen molar-refractivity contribution in [3.63, 3.8) is 0 Å². The van der Waals surface area contributed by atoms with Crippen molar-refractivity contribution in [1.82, 2.24) is 19.7 Å². The number of hydrogen-bond donors (Lipinski definition) is 0. The molecule has 152 valence electrons. The standard InChI is InChI=1S/C21H24ClN5O2/c1-21(2,3)29-20(28)26-10-8-25(9-11-26)15-12-16(14-23-13-15)27-18-7-5-4-6-17(18)19(22)24-27/h4-7,12-14H,8-11H2,1-3H3. The molecule has 1 aromatic carbocycles. The van der Waals surface area contributed by atoms with Gasteiger partial charge in [-0.1, -0.05) is 23.7 Å². The number of aromatic nitrogens is 3. The van der Waals surface area contributed by atoms with Crippen LogP contribution in [0.15, 0.2) is 42.7 Å². The summed E-state index contributed by atoms with van der Waals surface area (Å²) in [5.74, 6) is 0. The molecule has 1 fully saturated rings. The zero-order chi connectivity index (χ0) is 20.6. The number of fused-ring (bicyclic) bond motifs is 1. The van der Waals surface area contributed by atoms with Crippen molar-refractivity contribution >= 4 is 34.3 Å². The normalized spacial score (nSPS) is 15.0. The molecule has 3 heterocycles. The molecule has 29 heavy (non-hydrogen) atoms. The minimum Gasteiger partial charge on any atom is -0.444 e. The summed E-state index contributed by atoms with van der Waals surface area (Å²) in [4.78, 5) is 20.6. The van der Waals surface area contributed by atoms with Crippen LogP contribution in [0, 0.1) is 0 Å². The molecule has 0 spiro atoms. The molecule has 1 amide bonds. The Bertz CT molecular complexity index is 1030. The monoisotopic (exact) mass is 413 g/mol. The summed E-state index contributed by atoms with van der Waals surface area (Å²) in [7, 11) is 0. The zero-order valence-electron chi connectivity index (χ0n) is 16.8. The number of ether oxygens (including phenoxy) is 1. The molecule has 2 aromatic heterocycles. The quantitative estimate of drug-likeness (QED) is 0.632. The van der Waals surface area contributed by atoms with Gasteiger partial charge in [-0.25, -0.2) is 9.48 Å². The van der Waals surface area contributed by atoms with Crippen LogP contribution in [0.3, 0.4) is 0 Å². The molecule has 0 saturated carbocycles. The smallest absolute Gasteiger partial charge is 0.410 e. The van der Waals surface area contributed by atoms with Crippen molar-refractivity contribution in [2.24, 2.45) is 0 Å². The van der Waals surface area contributed by atoms with Crippen LogP contribution in [0.2, 0.25) is 5.15 Å². The number of hydrogen-bond acceptors (Lipinski definition) is 5. The summed E-state index contributed by atoms with van der Waals surface area (Å²) >= 11 is 6.30. The largest absolute Gasteiger partial charge is 0.444 e. The molecule has 0 atom stereocenters. The van der Waals surface area contributed by atoms with Gasteiger partial charge in [-0.3, -0.25) is 4.98 Å². The summed E-state index contributed by atoms with van der Waals surface area (Å²) in [5, 5.41) is 5.85. The second kappa shape index (κ2) is 7.55. The highest BCUT2D eigenvalue weighted by Crippen LogP contribution is 2.27. The summed E-state index contributed by atoms with van der Waals surface area (Å²) in [5.41, 5.74) is 2.29. The number of carbonyl (C=O) groups excluding carboxylic acids is 1. The summed E-state index contributed by atoms with van der Waals surface area (Å²) in [6, 6.07) is 9.89. The van der Waals surface area contributed by atoms with Crippen LogP contribution in [0.4, 0.5) is 10.5 Å².